The van der Waals surface area contributed by atoms with E-state index < -0.39 is 0 Å². The van der Waals surface area contributed by atoms with Crippen LogP contribution in [0.2, 0.25) is 0 Å². The molecule has 1 atom stereocenters. The maximum Gasteiger partial charge on any atom is 0.161 e. The van der Waals surface area contributed by atoms with E-state index in [2.05, 4.69) is 66.4 Å². The zero-order valence-corrected chi connectivity index (χ0v) is 14.4. The molecule has 0 amide bonds. The Hall–Kier alpha value is -2.06. The van der Waals surface area contributed by atoms with Crippen molar-refractivity contribution in [3.05, 3.63) is 70.9 Å². The predicted octanol–water partition coefficient (Wildman–Crippen LogP) is 6.05. The average molecular weight is 319 g/mol. The number of fused-ring (bicyclic) bond motifs is 5. The smallest absolute Gasteiger partial charge is 0.161 e. The van der Waals surface area contributed by atoms with E-state index in [4.69, 9.17) is 4.74 Å². The fraction of sp³-hybridized carbons (Fsp3) is 0.364. The number of para-hydroxylation sites is 1. The highest BCUT2D eigenvalue weighted by molar-refractivity contribution is 5.71. The van der Waals surface area contributed by atoms with Crippen molar-refractivity contribution < 1.29 is 4.74 Å². The van der Waals surface area contributed by atoms with Crippen molar-refractivity contribution >= 4 is 11.8 Å². The fourth-order valence-electron chi connectivity index (χ4n) is 3.81. The van der Waals surface area contributed by atoms with Crippen molar-refractivity contribution in [1.82, 2.24) is 0 Å². The summed E-state index contributed by atoms with van der Waals surface area (Å²) in [7, 11) is 0. The average Bonchev–Trinajstić information content (AvgIpc) is 2.64. The number of allylic oxidation sites excluding steroid dienone is 1. The molecular formula is C22H25NO. The summed E-state index contributed by atoms with van der Waals surface area (Å²) < 4.78 is 6.28. The minimum atomic E-state index is 0.0160. The second kappa shape index (κ2) is 6.82. The molecule has 2 heteroatoms. The van der Waals surface area contributed by atoms with Gasteiger partial charge in [0.1, 0.15) is 0 Å². The van der Waals surface area contributed by atoms with E-state index in [9.17, 15) is 0 Å². The topological polar surface area (TPSA) is 12.5 Å². The highest BCUT2D eigenvalue weighted by Crippen LogP contribution is 2.44. The zero-order chi connectivity index (χ0) is 16.4. The van der Waals surface area contributed by atoms with Crippen LogP contribution in [-0.4, -0.2) is 0 Å². The summed E-state index contributed by atoms with van der Waals surface area (Å²) in [6.45, 7) is 2.95. The molecule has 0 spiro atoms. The Bertz CT molecular complexity index is 749. The summed E-state index contributed by atoms with van der Waals surface area (Å²) in [5.74, 6) is 0. The second-order valence-corrected chi connectivity index (χ2v) is 6.74. The fourth-order valence-corrected chi connectivity index (χ4v) is 3.81. The number of nitrogens with zero attached hydrogens (tertiary/aromatic N) is 1. The number of benzene rings is 2. The second-order valence-electron chi connectivity index (χ2n) is 6.74. The molecule has 2 aromatic carbocycles. The van der Waals surface area contributed by atoms with Crippen molar-refractivity contribution in [2.24, 2.45) is 0 Å². The molecule has 124 valence electrons. The lowest BCUT2D eigenvalue weighted by molar-refractivity contribution is 0.0302. The van der Waals surface area contributed by atoms with Crippen molar-refractivity contribution in [3.63, 3.8) is 0 Å². The highest BCUT2D eigenvalue weighted by atomic mass is 16.5. The summed E-state index contributed by atoms with van der Waals surface area (Å²) in [6.07, 6.45) is 8.64. The maximum atomic E-state index is 6.28. The molecule has 2 nitrogen and oxygen atoms in total. The van der Waals surface area contributed by atoms with Gasteiger partial charge in [0.25, 0.3) is 0 Å². The third-order valence-electron chi connectivity index (χ3n) is 5.06. The lowest BCUT2D eigenvalue weighted by Crippen LogP contribution is -2.36. The number of hydrogen-bond donors (Lipinski definition) is 0. The van der Waals surface area contributed by atoms with Crippen LogP contribution in [0.5, 0.6) is 0 Å². The van der Waals surface area contributed by atoms with Gasteiger partial charge in [0.2, 0.25) is 0 Å². The Labute approximate surface area is 144 Å². The first kappa shape index (κ1) is 15.5. The van der Waals surface area contributed by atoms with E-state index in [0.29, 0.717) is 6.61 Å². The summed E-state index contributed by atoms with van der Waals surface area (Å²) >= 11 is 0. The maximum absolute atomic E-state index is 6.28. The van der Waals surface area contributed by atoms with Gasteiger partial charge < -0.3 is 9.64 Å². The third-order valence-corrected chi connectivity index (χ3v) is 5.06. The normalized spacial score (nSPS) is 18.5. The monoisotopic (exact) mass is 319 g/mol. The molecule has 0 saturated heterocycles. The molecule has 24 heavy (non-hydrogen) atoms. The van der Waals surface area contributed by atoms with Gasteiger partial charge in [-0.3, -0.25) is 0 Å². The molecule has 0 bridgehead atoms. The molecule has 2 aromatic rings. The molecule has 0 aromatic heterocycles. The summed E-state index contributed by atoms with van der Waals surface area (Å²) in [6, 6.07) is 17.3. The van der Waals surface area contributed by atoms with Crippen molar-refractivity contribution in [2.75, 3.05) is 4.90 Å². The van der Waals surface area contributed by atoms with Crippen molar-refractivity contribution in [3.8, 4) is 0 Å². The van der Waals surface area contributed by atoms with E-state index >= 15 is 0 Å². The van der Waals surface area contributed by atoms with Crippen LogP contribution in [0.15, 0.2) is 54.2 Å². The Morgan fingerprint density at radius 1 is 1.00 bits per heavy atom. The minimum Gasteiger partial charge on any atom is -0.349 e. The number of hydrogen-bond acceptors (Lipinski definition) is 2. The van der Waals surface area contributed by atoms with Gasteiger partial charge in [-0.05, 0) is 30.5 Å². The van der Waals surface area contributed by atoms with Gasteiger partial charge in [-0.25, -0.2) is 0 Å². The molecule has 2 aliphatic rings. The van der Waals surface area contributed by atoms with Gasteiger partial charge in [-0.2, -0.15) is 0 Å². The first-order valence-electron chi connectivity index (χ1n) is 9.16. The van der Waals surface area contributed by atoms with Gasteiger partial charge in [-0.15, -0.1) is 0 Å². The molecule has 4 rings (SSSR count). The minimum absolute atomic E-state index is 0.0160. The van der Waals surface area contributed by atoms with Gasteiger partial charge in [0.05, 0.1) is 6.61 Å². The highest BCUT2D eigenvalue weighted by Gasteiger charge is 2.34. The van der Waals surface area contributed by atoms with E-state index in [0.717, 1.165) is 6.42 Å². The first-order valence-corrected chi connectivity index (χ1v) is 9.16. The molecule has 0 aliphatic carbocycles. The molecule has 0 fully saturated rings. The van der Waals surface area contributed by atoms with E-state index in [1.807, 2.05) is 0 Å². The van der Waals surface area contributed by atoms with Crippen molar-refractivity contribution in [1.29, 1.82) is 0 Å². The van der Waals surface area contributed by atoms with Gasteiger partial charge in [0.15, 0.2) is 6.23 Å². The quantitative estimate of drug-likeness (QED) is 0.622. The van der Waals surface area contributed by atoms with E-state index in [-0.39, 0.29) is 6.23 Å². The van der Waals surface area contributed by atoms with E-state index in [1.54, 1.807) is 0 Å². The summed E-state index contributed by atoms with van der Waals surface area (Å²) in [4.78, 5) is 2.42. The molecule has 0 saturated carbocycles. The lowest BCUT2D eigenvalue weighted by Gasteiger charge is -2.43. The van der Waals surface area contributed by atoms with Crippen molar-refractivity contribution in [2.45, 2.75) is 51.9 Å². The number of anilines is 1. The lowest BCUT2D eigenvalue weighted by atomic mass is 9.95. The van der Waals surface area contributed by atoms with Crippen LogP contribution in [0.25, 0.3) is 6.08 Å². The first-order chi connectivity index (χ1) is 11.9. The van der Waals surface area contributed by atoms with Crippen LogP contribution in [0.3, 0.4) is 0 Å². The Balaban J connectivity index is 1.71. The van der Waals surface area contributed by atoms with Crippen LogP contribution in [0.4, 0.5) is 5.69 Å². The largest absolute Gasteiger partial charge is 0.349 e. The molecule has 0 N–H and O–H groups in total. The number of rotatable bonds is 5. The van der Waals surface area contributed by atoms with Gasteiger partial charge >= 0.3 is 0 Å². The predicted molar refractivity (Wildman–Crippen MR) is 99.6 cm³/mol. The van der Waals surface area contributed by atoms with E-state index in [1.165, 1.54) is 53.8 Å². The van der Waals surface area contributed by atoms with Gasteiger partial charge in [-0.1, -0.05) is 68.7 Å². The van der Waals surface area contributed by atoms with Gasteiger partial charge in [0, 0.05) is 22.5 Å². The number of unbranched alkanes of at least 4 members (excludes halogenated alkanes) is 3. The molecular weight excluding hydrogens is 294 g/mol. The van der Waals surface area contributed by atoms with Crippen LogP contribution < -0.4 is 4.90 Å². The molecule has 0 radical (unpaired) electrons. The Kier molecular flexibility index (Phi) is 4.40. The SMILES string of the molecule is CCCCCCC1=Cc2ccccc2C2OCc3ccccc3N12. The van der Waals surface area contributed by atoms with Crippen LogP contribution in [0.1, 0.15) is 61.9 Å². The standard InChI is InChI=1S/C22H25NO/c1-2-3-4-5-12-19-15-17-10-6-8-13-20(17)22-23(19)21-14-9-7-11-18(21)16-24-22/h6-11,13-15,22H,2-5,12,16H2,1H3. The Morgan fingerprint density at radius 2 is 1.83 bits per heavy atom. The molecule has 1 unspecified atom stereocenters. The summed E-state index contributed by atoms with van der Waals surface area (Å²) in [5, 5.41) is 0. The zero-order valence-electron chi connectivity index (χ0n) is 14.4. The van der Waals surface area contributed by atoms with Crippen LogP contribution in [-0.2, 0) is 11.3 Å². The van der Waals surface area contributed by atoms with Crippen LogP contribution >= 0.6 is 0 Å². The summed E-state index contributed by atoms with van der Waals surface area (Å²) in [5.41, 5.74) is 6.58. The Morgan fingerprint density at radius 3 is 2.75 bits per heavy atom. The molecule has 2 heterocycles. The number of ether oxygens (including phenoxy) is 1. The van der Waals surface area contributed by atoms with Crippen LogP contribution in [0, 0.1) is 0 Å². The third kappa shape index (κ3) is 2.76. The molecule has 2 aliphatic heterocycles.